The number of carbonyl (C=O) groups is 4. The van der Waals surface area contributed by atoms with Crippen LogP contribution < -0.4 is 5.32 Å². The van der Waals surface area contributed by atoms with Crippen molar-refractivity contribution in [3.8, 4) is 0 Å². The van der Waals surface area contributed by atoms with Crippen molar-refractivity contribution in [1.29, 1.82) is 0 Å². The number of rotatable bonds is 14. The van der Waals surface area contributed by atoms with Crippen molar-refractivity contribution in [2.75, 3.05) is 25.3 Å². The predicted molar refractivity (Wildman–Crippen MR) is 210 cm³/mol. The standard InChI is InChI=1S/C38H38Cl2N2O10S3/c1-55(48,49)28-7-4-5-23(17-28)18-31(38(46)52-22-51-33(43)8-3-2-6-27-13-16-53-54(27)47)41-36(44)34-30(39)19-26-21-42(14-11-29(26)35(34)40)37(45)25-10-9-24-12-15-50-32(24)20-25/h4-5,7,9-10,12,15,17,19-20,27,31H,2-3,6,8,11,13-14,16,18,21-22H2,1H3,(H,41,44)/t27-,31?,54?/m1/s1. The number of hydrogen-bond donors (Lipinski definition) is 1. The predicted octanol–water partition coefficient (Wildman–Crippen LogP) is 6.46. The number of hydrogen-bond acceptors (Lipinski definition) is 11. The molecule has 55 heavy (non-hydrogen) atoms. The van der Waals surface area contributed by atoms with Crippen molar-refractivity contribution in [1.82, 2.24) is 10.2 Å². The molecular formula is C38H38Cl2N2O10S3. The van der Waals surface area contributed by atoms with Crippen molar-refractivity contribution in [3.63, 3.8) is 0 Å². The molecule has 0 spiro atoms. The lowest BCUT2D eigenvalue weighted by molar-refractivity contribution is -0.168. The van der Waals surface area contributed by atoms with E-state index < -0.39 is 50.7 Å². The van der Waals surface area contributed by atoms with Gasteiger partial charge in [0.15, 0.2) is 9.84 Å². The van der Waals surface area contributed by atoms with Crippen LogP contribution in [0.3, 0.4) is 0 Å². The highest BCUT2D eigenvalue weighted by Gasteiger charge is 2.32. The fraction of sp³-hybridized carbons (Fsp3) is 0.368. The van der Waals surface area contributed by atoms with Gasteiger partial charge in [-0.3, -0.25) is 14.4 Å². The fourth-order valence-electron chi connectivity index (χ4n) is 6.53. The van der Waals surface area contributed by atoms with E-state index in [1.165, 1.54) is 29.0 Å². The summed E-state index contributed by atoms with van der Waals surface area (Å²) in [6, 6.07) is 13.2. The zero-order chi connectivity index (χ0) is 39.3. The Hall–Kier alpha value is -3.73. The summed E-state index contributed by atoms with van der Waals surface area (Å²) < 4.78 is 52.2. The number of esters is 2. The van der Waals surface area contributed by atoms with E-state index in [1.807, 2.05) is 12.1 Å². The third-order valence-corrected chi connectivity index (χ3v) is 15.0. The molecule has 3 atom stereocenters. The zero-order valence-corrected chi connectivity index (χ0v) is 33.7. The Morgan fingerprint density at radius 1 is 1.09 bits per heavy atom. The average molecular weight is 850 g/mol. The first-order valence-corrected chi connectivity index (χ1v) is 22.9. The van der Waals surface area contributed by atoms with Crippen molar-refractivity contribution in [2.45, 2.75) is 67.7 Å². The Kier molecular flexibility index (Phi) is 13.4. The first kappa shape index (κ1) is 40.9. The number of halogens is 2. The topological polar surface area (TPSA) is 172 Å². The number of benzene rings is 3. The molecule has 17 heteroatoms. The molecule has 2 amide bonds. The molecule has 0 bridgehead atoms. The molecule has 2 unspecified atom stereocenters. The highest BCUT2D eigenvalue weighted by Crippen LogP contribution is 2.36. The Morgan fingerprint density at radius 3 is 2.67 bits per heavy atom. The first-order chi connectivity index (χ1) is 26.3. The summed E-state index contributed by atoms with van der Waals surface area (Å²) in [4.78, 5) is 54.6. The SMILES string of the molecule is CS(=O)(=O)c1cccc(CC(NC(=O)c2c(Cl)cc3c(c2Cl)CCN(C(=O)c2ccc4ccoc4c2)C3)C(=O)OCOC(=O)CCCC[C@@H]2CCS[S+]2[O-])c1. The van der Waals surface area contributed by atoms with Gasteiger partial charge in [-0.2, -0.15) is 0 Å². The van der Waals surface area contributed by atoms with Gasteiger partial charge in [-0.05, 0) is 78.8 Å². The maximum atomic E-state index is 13.8. The quantitative estimate of drug-likeness (QED) is 0.0486. The molecule has 2 aliphatic heterocycles. The number of ether oxygens (including phenoxy) is 2. The minimum absolute atomic E-state index is 0.00870. The summed E-state index contributed by atoms with van der Waals surface area (Å²) in [5.41, 5.74) is 2.67. The molecular weight excluding hydrogens is 812 g/mol. The van der Waals surface area contributed by atoms with Crippen molar-refractivity contribution < 1.29 is 46.0 Å². The van der Waals surface area contributed by atoms with Crippen molar-refractivity contribution in [3.05, 3.63) is 98.7 Å². The molecule has 3 aromatic carbocycles. The molecule has 3 heterocycles. The van der Waals surface area contributed by atoms with Crippen LogP contribution >= 0.6 is 34.0 Å². The molecule has 1 fully saturated rings. The summed E-state index contributed by atoms with van der Waals surface area (Å²) in [6.07, 6.45) is 5.73. The molecule has 6 rings (SSSR count). The van der Waals surface area contributed by atoms with Gasteiger partial charge in [0, 0.05) is 65.5 Å². The van der Waals surface area contributed by atoms with E-state index in [-0.39, 0.29) is 51.0 Å². The number of fused-ring (bicyclic) bond motifs is 2. The maximum Gasteiger partial charge on any atom is 0.331 e. The van der Waals surface area contributed by atoms with E-state index in [1.54, 1.807) is 35.4 Å². The highest BCUT2D eigenvalue weighted by molar-refractivity contribution is 8.72. The molecule has 0 radical (unpaired) electrons. The number of nitrogens with zero attached hydrogens (tertiary/aromatic N) is 1. The normalized spacial score (nSPS) is 17.4. The number of sulfone groups is 1. The highest BCUT2D eigenvalue weighted by atomic mass is 35.5. The van der Waals surface area contributed by atoms with Gasteiger partial charge in [0.1, 0.15) is 16.9 Å². The van der Waals surface area contributed by atoms with Gasteiger partial charge in [0.05, 0.1) is 37.6 Å². The number of carbonyl (C=O) groups excluding carboxylic acids is 4. The number of unbranched alkanes of at least 4 members (excludes halogenated alkanes) is 1. The van der Waals surface area contributed by atoms with Crippen LogP contribution in [0.4, 0.5) is 0 Å². The molecule has 1 aromatic heterocycles. The van der Waals surface area contributed by atoms with Gasteiger partial charge in [0.2, 0.25) is 6.79 Å². The molecule has 292 valence electrons. The van der Waals surface area contributed by atoms with Crippen LogP contribution in [0.15, 0.2) is 70.2 Å². The number of amides is 2. The summed E-state index contributed by atoms with van der Waals surface area (Å²) in [6.45, 7) is -0.201. The number of nitrogens with one attached hydrogen (secondary N) is 1. The van der Waals surface area contributed by atoms with Crippen LogP contribution in [0, 0.1) is 0 Å². The van der Waals surface area contributed by atoms with E-state index >= 15 is 0 Å². The summed E-state index contributed by atoms with van der Waals surface area (Å²) in [5, 5.41) is 3.70. The largest absolute Gasteiger partial charge is 0.605 e. The number of furan rings is 1. The molecule has 1 saturated heterocycles. The van der Waals surface area contributed by atoms with Gasteiger partial charge in [-0.25, -0.2) is 13.2 Å². The second-order valence-corrected chi connectivity index (χ2v) is 19.6. The Balaban J connectivity index is 1.12. The fourth-order valence-corrected chi connectivity index (χ4v) is 11.5. The van der Waals surface area contributed by atoms with Crippen LogP contribution in [0.1, 0.15) is 69.5 Å². The smallest absolute Gasteiger partial charge is 0.331 e. The third kappa shape index (κ3) is 10.2. The van der Waals surface area contributed by atoms with Crippen LogP contribution in [0.5, 0.6) is 0 Å². The van der Waals surface area contributed by atoms with Crippen LogP contribution in [-0.2, 0) is 58.5 Å². The van der Waals surface area contributed by atoms with E-state index in [0.29, 0.717) is 53.6 Å². The van der Waals surface area contributed by atoms with Gasteiger partial charge in [-0.1, -0.05) is 41.4 Å². The molecule has 1 N–H and O–H groups in total. The minimum Gasteiger partial charge on any atom is -0.605 e. The van der Waals surface area contributed by atoms with E-state index in [2.05, 4.69) is 5.32 Å². The lowest BCUT2D eigenvalue weighted by Gasteiger charge is -2.30. The van der Waals surface area contributed by atoms with Gasteiger partial charge in [-0.15, -0.1) is 0 Å². The van der Waals surface area contributed by atoms with Crippen LogP contribution in [0.2, 0.25) is 10.0 Å². The Morgan fingerprint density at radius 2 is 1.91 bits per heavy atom. The van der Waals surface area contributed by atoms with Crippen molar-refractivity contribution >= 4 is 88.8 Å². The van der Waals surface area contributed by atoms with Crippen LogP contribution in [-0.4, -0.2) is 78.3 Å². The third-order valence-electron chi connectivity index (χ3n) is 9.47. The average Bonchev–Trinajstić information content (AvgIpc) is 3.80. The maximum absolute atomic E-state index is 13.8. The molecule has 0 aliphatic carbocycles. The van der Waals surface area contributed by atoms with Gasteiger partial charge < -0.3 is 28.7 Å². The van der Waals surface area contributed by atoms with E-state index in [4.69, 9.17) is 37.1 Å². The van der Waals surface area contributed by atoms with Crippen molar-refractivity contribution in [2.24, 2.45) is 0 Å². The lowest BCUT2D eigenvalue weighted by Crippen LogP contribution is -2.44. The molecule has 12 nitrogen and oxygen atoms in total. The second-order valence-electron chi connectivity index (χ2n) is 13.3. The van der Waals surface area contributed by atoms with E-state index in [9.17, 15) is 32.1 Å². The second kappa shape index (κ2) is 18.0. The summed E-state index contributed by atoms with van der Waals surface area (Å²) in [5.74, 6) is -1.65. The summed E-state index contributed by atoms with van der Waals surface area (Å²) >= 11 is 13.5. The van der Waals surface area contributed by atoms with Gasteiger partial charge in [0.25, 0.3) is 11.8 Å². The van der Waals surface area contributed by atoms with Gasteiger partial charge >= 0.3 is 11.9 Å². The molecule has 2 aliphatic rings. The lowest BCUT2D eigenvalue weighted by atomic mass is 9.95. The minimum atomic E-state index is -3.58. The first-order valence-electron chi connectivity index (χ1n) is 17.5. The Bertz CT molecular complexity index is 2210. The Labute approximate surface area is 335 Å². The van der Waals surface area contributed by atoms with E-state index in [0.717, 1.165) is 30.2 Å². The monoisotopic (exact) mass is 848 g/mol. The summed E-state index contributed by atoms with van der Waals surface area (Å²) in [7, 11) is -3.02. The molecule has 0 saturated carbocycles. The van der Waals surface area contributed by atoms with Crippen LogP contribution in [0.25, 0.3) is 11.0 Å². The molecule has 4 aromatic rings. The zero-order valence-electron chi connectivity index (χ0n) is 29.7.